The average Bonchev–Trinajstić information content (AvgIpc) is 3.34. The smallest absolute Gasteiger partial charge is 0.257 e. The van der Waals surface area contributed by atoms with Gasteiger partial charge in [-0.2, -0.15) is 0 Å². The molecular weight excluding hydrogens is 549 g/mol. The van der Waals surface area contributed by atoms with Gasteiger partial charge in [0, 0.05) is 35.9 Å². The van der Waals surface area contributed by atoms with Crippen molar-refractivity contribution in [3.8, 4) is 16.9 Å². The van der Waals surface area contributed by atoms with Crippen LogP contribution >= 0.6 is 12.2 Å². The fourth-order valence-corrected chi connectivity index (χ4v) is 6.88. The summed E-state index contributed by atoms with van der Waals surface area (Å²) < 4.78 is 12.3. The summed E-state index contributed by atoms with van der Waals surface area (Å²) in [6.45, 7) is 11.2. The van der Waals surface area contributed by atoms with Gasteiger partial charge in [-0.3, -0.25) is 10.1 Å². The van der Waals surface area contributed by atoms with E-state index in [1.54, 1.807) is 19.2 Å². The Kier molecular flexibility index (Phi) is 9.69. The molecule has 3 aromatic carbocycles. The fourth-order valence-electron chi connectivity index (χ4n) is 5.17. The average molecular weight is 591 g/mol. The van der Waals surface area contributed by atoms with Crippen molar-refractivity contribution >= 4 is 37.2 Å². The number of rotatable bonds is 8. The van der Waals surface area contributed by atoms with Crippen molar-refractivity contribution < 1.29 is 19.1 Å². The Balaban J connectivity index is 1.70. The van der Waals surface area contributed by atoms with Gasteiger partial charge in [-0.1, -0.05) is 63.2 Å². The maximum atomic E-state index is 13.2. The number of carbonyl (C=O) groups is 1. The molecule has 41 heavy (non-hydrogen) atoms. The minimum absolute atomic E-state index is 0.00332. The van der Waals surface area contributed by atoms with Crippen molar-refractivity contribution in [1.82, 2.24) is 5.32 Å². The Labute approximate surface area is 250 Å². The predicted molar refractivity (Wildman–Crippen MR) is 173 cm³/mol. The molecule has 0 bridgehead atoms. The van der Waals surface area contributed by atoms with Crippen LogP contribution in [0.5, 0.6) is 5.75 Å². The molecule has 4 rings (SSSR count). The van der Waals surface area contributed by atoms with Crippen LogP contribution in [0.4, 0.5) is 5.69 Å². The van der Waals surface area contributed by atoms with Gasteiger partial charge in [-0.25, -0.2) is 0 Å². The molecule has 1 aliphatic rings. The van der Waals surface area contributed by atoms with E-state index >= 15 is 0 Å². The summed E-state index contributed by atoms with van der Waals surface area (Å²) >= 11 is 5.94. The summed E-state index contributed by atoms with van der Waals surface area (Å²) in [7, 11) is -0.375. The van der Waals surface area contributed by atoms with Crippen LogP contribution in [0.3, 0.4) is 0 Å². The van der Waals surface area contributed by atoms with Crippen molar-refractivity contribution in [2.24, 2.45) is 5.92 Å². The van der Waals surface area contributed by atoms with E-state index in [0.717, 1.165) is 29.0 Å². The van der Waals surface area contributed by atoms with Crippen molar-refractivity contribution in [3.05, 3.63) is 84.4 Å². The maximum absolute atomic E-state index is 13.2. The monoisotopic (exact) mass is 590 g/mol. The molecule has 0 aromatic heterocycles. The molecule has 3 unspecified atom stereocenters. The summed E-state index contributed by atoms with van der Waals surface area (Å²) in [4.78, 5) is 15.2. The normalized spacial score (nSPS) is 19.0. The number of nitrogens with zero attached hydrogens (tertiary/aromatic N) is 1. The third kappa shape index (κ3) is 7.24. The zero-order valence-corrected chi connectivity index (χ0v) is 26.7. The Morgan fingerprint density at radius 3 is 2.29 bits per heavy atom. The minimum Gasteiger partial charge on any atom is -0.497 e. The number of benzene rings is 3. The number of hydrogen-bond donors (Lipinski definition) is 2. The maximum Gasteiger partial charge on any atom is 0.257 e. The van der Waals surface area contributed by atoms with Gasteiger partial charge in [0.1, 0.15) is 5.75 Å². The predicted octanol–water partition coefficient (Wildman–Crippen LogP) is 7.04. The number of hydrogen-bond acceptors (Lipinski definition) is 5. The Hall–Kier alpha value is -3.04. The Bertz CT molecular complexity index is 1360. The van der Waals surface area contributed by atoms with E-state index in [9.17, 15) is 9.90 Å². The van der Waals surface area contributed by atoms with Crippen LogP contribution in [0, 0.1) is 5.92 Å². The van der Waals surface area contributed by atoms with E-state index in [2.05, 4.69) is 45.2 Å². The van der Waals surface area contributed by atoms with E-state index in [1.165, 1.54) is 0 Å². The lowest BCUT2D eigenvalue weighted by Gasteiger charge is -2.39. The molecule has 0 heterocycles. The molecule has 218 valence electrons. The lowest BCUT2D eigenvalue weighted by atomic mass is 10.0. The second-order valence-electron chi connectivity index (χ2n) is 12.3. The topological polar surface area (TPSA) is 71.0 Å². The first-order chi connectivity index (χ1) is 19.4. The number of methoxy groups -OCH3 is 1. The Morgan fingerprint density at radius 2 is 1.66 bits per heavy atom. The van der Waals surface area contributed by atoms with Crippen molar-refractivity contribution in [2.45, 2.75) is 63.9 Å². The van der Waals surface area contributed by atoms with Crippen LogP contribution in [0.25, 0.3) is 11.1 Å². The molecular formula is C33H42N2O4SSi. The van der Waals surface area contributed by atoms with Gasteiger partial charge in [-0.05, 0) is 90.7 Å². The fraction of sp³-hybridized carbons (Fsp3) is 0.394. The molecule has 0 radical (unpaired) electrons. The second-order valence-corrected chi connectivity index (χ2v) is 17.4. The molecule has 1 amide bonds. The number of anilines is 1. The van der Waals surface area contributed by atoms with Crippen LogP contribution in [0.2, 0.25) is 18.1 Å². The first kappa shape index (κ1) is 30.9. The van der Waals surface area contributed by atoms with Gasteiger partial charge in [0.05, 0.1) is 7.11 Å². The van der Waals surface area contributed by atoms with E-state index in [4.69, 9.17) is 21.4 Å². The minimum atomic E-state index is -2.03. The molecule has 1 saturated carbocycles. The summed E-state index contributed by atoms with van der Waals surface area (Å²) in [5.74, 6) is 0.436. The van der Waals surface area contributed by atoms with Gasteiger partial charge >= 0.3 is 0 Å². The van der Waals surface area contributed by atoms with Gasteiger partial charge in [0.15, 0.2) is 13.4 Å². The highest BCUT2D eigenvalue weighted by molar-refractivity contribution is 7.80. The van der Waals surface area contributed by atoms with E-state index in [0.29, 0.717) is 17.1 Å². The Morgan fingerprint density at radius 1 is 1.00 bits per heavy atom. The number of aliphatic hydroxyl groups is 1. The zero-order valence-electron chi connectivity index (χ0n) is 24.9. The highest BCUT2D eigenvalue weighted by Gasteiger charge is 2.45. The number of aliphatic hydroxyl groups excluding tert-OH is 1. The zero-order chi connectivity index (χ0) is 29.8. The van der Waals surface area contributed by atoms with E-state index in [-0.39, 0.29) is 35.6 Å². The highest BCUT2D eigenvalue weighted by atomic mass is 32.1. The summed E-state index contributed by atoms with van der Waals surface area (Å²) in [5, 5.41) is 13.9. The molecule has 0 saturated heterocycles. The molecule has 3 aromatic rings. The van der Waals surface area contributed by atoms with Gasteiger partial charge in [0.25, 0.3) is 5.91 Å². The quantitative estimate of drug-likeness (QED) is 0.217. The number of carbonyl (C=O) groups excluding carboxylic acids is 1. The first-order valence-electron chi connectivity index (χ1n) is 14.2. The number of nitrogens with one attached hydrogen (secondary N) is 1. The molecule has 1 fully saturated rings. The molecule has 6 nitrogen and oxygen atoms in total. The van der Waals surface area contributed by atoms with Crippen molar-refractivity contribution in [1.29, 1.82) is 0 Å². The van der Waals surface area contributed by atoms with Gasteiger partial charge in [0.2, 0.25) is 0 Å². The van der Waals surface area contributed by atoms with Crippen molar-refractivity contribution in [2.75, 3.05) is 18.6 Å². The van der Waals surface area contributed by atoms with Gasteiger partial charge < -0.3 is 19.2 Å². The lowest BCUT2D eigenvalue weighted by Crippen LogP contribution is -2.50. The molecule has 0 aliphatic heterocycles. The molecule has 3 atom stereocenters. The van der Waals surface area contributed by atoms with E-state index in [1.807, 2.05) is 65.6 Å². The largest absolute Gasteiger partial charge is 0.497 e. The molecule has 8 heteroatoms. The standard InChI is InChI=1S/C33H42N2O4SSi/c1-33(2,3)41(5,6)39-29-20-26(22-36)30(21-29)35(32(40)34-31(37)23-12-8-7-9-13-23)27-16-10-14-24(18-27)25-15-11-17-28(19-25)38-4/h7-19,26,29-30,36H,20-22H2,1-6H3,(H,34,37,40). The van der Waals surface area contributed by atoms with Crippen LogP contribution in [-0.2, 0) is 4.43 Å². The molecule has 2 N–H and O–H groups in total. The molecule has 0 spiro atoms. The second kappa shape index (κ2) is 12.9. The molecule has 1 aliphatic carbocycles. The van der Waals surface area contributed by atoms with Crippen LogP contribution in [0.1, 0.15) is 44.0 Å². The number of thiocarbonyl (C=S) groups is 1. The SMILES string of the molecule is COc1cccc(-c2cccc(N(C(=S)NC(=O)c3ccccc3)C3CC(O[Si](C)(C)C(C)(C)C)CC3CO)c2)c1. The van der Waals surface area contributed by atoms with E-state index < -0.39 is 8.32 Å². The number of ether oxygens (including phenoxy) is 1. The summed E-state index contributed by atoms with van der Waals surface area (Å²) in [6.07, 6.45) is 1.42. The van der Waals surface area contributed by atoms with Crippen molar-refractivity contribution in [3.63, 3.8) is 0 Å². The number of amides is 1. The third-order valence-electron chi connectivity index (χ3n) is 8.45. The third-order valence-corrected chi connectivity index (χ3v) is 13.3. The first-order valence-corrected chi connectivity index (χ1v) is 17.5. The summed E-state index contributed by atoms with van der Waals surface area (Å²) in [6, 6.07) is 24.9. The van der Waals surface area contributed by atoms with Crippen LogP contribution in [-0.4, -0.2) is 50.3 Å². The van der Waals surface area contributed by atoms with Crippen LogP contribution < -0.4 is 15.0 Å². The van der Waals surface area contributed by atoms with Crippen LogP contribution in [0.15, 0.2) is 78.9 Å². The van der Waals surface area contributed by atoms with Gasteiger partial charge in [-0.15, -0.1) is 0 Å². The summed E-state index contributed by atoms with van der Waals surface area (Å²) in [5.41, 5.74) is 3.38. The highest BCUT2D eigenvalue weighted by Crippen LogP contribution is 2.42. The lowest BCUT2D eigenvalue weighted by molar-refractivity contribution is 0.0977.